The van der Waals surface area contributed by atoms with Gasteiger partial charge in [0.25, 0.3) is 0 Å². The van der Waals surface area contributed by atoms with Crippen LogP contribution in [0.25, 0.3) is 10.9 Å². The molecule has 3 rings (SSSR count). The molecule has 21 heavy (non-hydrogen) atoms. The Labute approximate surface area is 132 Å². The highest BCUT2D eigenvalue weighted by molar-refractivity contribution is 9.10. The van der Waals surface area contributed by atoms with Gasteiger partial charge in [-0.1, -0.05) is 15.9 Å². The Morgan fingerprint density at radius 3 is 2.81 bits per heavy atom. The van der Waals surface area contributed by atoms with Gasteiger partial charge in [-0.05, 0) is 26.0 Å². The molecule has 2 aromatic rings. The minimum absolute atomic E-state index is 0.141. The molecule has 0 radical (unpaired) electrons. The number of amides is 1. The number of halogens is 1. The fraction of sp³-hybridized carbons (Fsp3) is 0.467. The molecule has 0 saturated carbocycles. The molecule has 1 N–H and O–H groups in total. The van der Waals surface area contributed by atoms with E-state index in [2.05, 4.69) is 50.9 Å². The number of anilines is 1. The topological polar surface area (TPSA) is 52.2 Å². The number of nitrogens with zero attached hydrogens (tertiary/aromatic N) is 3. The largest absolute Gasteiger partial charge is 0.367 e. The zero-order chi connectivity index (χ0) is 15.2. The molecule has 0 unspecified atom stereocenters. The molecule has 1 fully saturated rings. The first kappa shape index (κ1) is 14.4. The molecular formula is C15H19BrN4O. The molecular weight excluding hydrogens is 332 g/mol. The van der Waals surface area contributed by atoms with Crippen molar-refractivity contribution >= 4 is 38.4 Å². The van der Waals surface area contributed by atoms with E-state index in [0.717, 1.165) is 40.7 Å². The predicted octanol–water partition coefficient (Wildman–Crippen LogP) is 2.77. The van der Waals surface area contributed by atoms with Crippen molar-refractivity contribution in [3.05, 3.63) is 22.8 Å². The highest BCUT2D eigenvalue weighted by Gasteiger charge is 2.35. The van der Waals surface area contributed by atoms with Gasteiger partial charge in [0.05, 0.1) is 17.3 Å². The summed E-state index contributed by atoms with van der Waals surface area (Å²) in [6.45, 7) is 8.26. The Kier molecular flexibility index (Phi) is 3.43. The van der Waals surface area contributed by atoms with E-state index in [9.17, 15) is 4.79 Å². The highest BCUT2D eigenvalue weighted by Crippen LogP contribution is 2.33. The number of aromatic nitrogens is 2. The number of benzene rings is 1. The first-order valence-corrected chi connectivity index (χ1v) is 7.83. The third-order valence-corrected chi connectivity index (χ3v) is 4.58. The van der Waals surface area contributed by atoms with E-state index >= 15 is 0 Å². The number of hydrogen-bond acceptors (Lipinski definition) is 3. The summed E-state index contributed by atoms with van der Waals surface area (Å²) in [6.07, 6.45) is 1.86. The number of carbonyl (C=O) groups is 1. The van der Waals surface area contributed by atoms with Gasteiger partial charge in [-0.25, -0.2) is 0 Å². The number of carbonyl (C=O) groups excluding carboxylic acids is 1. The van der Waals surface area contributed by atoms with Crippen molar-refractivity contribution in [2.75, 3.05) is 24.5 Å². The maximum atomic E-state index is 11.8. The fourth-order valence-electron chi connectivity index (χ4n) is 3.20. The second kappa shape index (κ2) is 5.02. The second-order valence-corrected chi connectivity index (χ2v) is 7.08. The van der Waals surface area contributed by atoms with Crippen LogP contribution in [0.4, 0.5) is 5.69 Å². The van der Waals surface area contributed by atoms with Crippen molar-refractivity contribution in [2.24, 2.45) is 0 Å². The van der Waals surface area contributed by atoms with Crippen molar-refractivity contribution in [1.29, 1.82) is 0 Å². The Bertz CT molecular complexity index is 694. The minimum Gasteiger partial charge on any atom is -0.367 e. The summed E-state index contributed by atoms with van der Waals surface area (Å²) in [5.41, 5.74) is 2.00. The number of H-pyrrole nitrogens is 1. The van der Waals surface area contributed by atoms with Crippen LogP contribution >= 0.6 is 15.9 Å². The standard InChI is InChI=1S/C15H19BrN4O/c1-10(21)20-5-4-19(9-15(20,2)3)14-7-11(16)6-13-12(14)8-17-18-13/h6-8H,4-5,9H2,1-3H3,(H,17,18). The lowest BCUT2D eigenvalue weighted by atomic mass is 9.97. The summed E-state index contributed by atoms with van der Waals surface area (Å²) in [5, 5.41) is 8.27. The molecule has 0 bridgehead atoms. The van der Waals surface area contributed by atoms with Gasteiger partial charge in [0.1, 0.15) is 0 Å². The van der Waals surface area contributed by atoms with Crippen molar-refractivity contribution in [2.45, 2.75) is 26.3 Å². The summed E-state index contributed by atoms with van der Waals surface area (Å²) in [5.74, 6) is 0.141. The summed E-state index contributed by atoms with van der Waals surface area (Å²) in [6, 6.07) is 4.15. The second-order valence-electron chi connectivity index (χ2n) is 6.16. The number of rotatable bonds is 1. The van der Waals surface area contributed by atoms with E-state index < -0.39 is 0 Å². The van der Waals surface area contributed by atoms with E-state index in [-0.39, 0.29) is 11.4 Å². The van der Waals surface area contributed by atoms with Gasteiger partial charge in [0, 0.05) is 42.1 Å². The van der Waals surface area contributed by atoms with Gasteiger partial charge < -0.3 is 9.80 Å². The Morgan fingerprint density at radius 1 is 1.38 bits per heavy atom. The van der Waals surface area contributed by atoms with E-state index in [4.69, 9.17) is 0 Å². The quantitative estimate of drug-likeness (QED) is 0.860. The van der Waals surface area contributed by atoms with Gasteiger partial charge in [-0.15, -0.1) is 0 Å². The molecule has 1 aromatic heterocycles. The van der Waals surface area contributed by atoms with Crippen molar-refractivity contribution in [1.82, 2.24) is 15.1 Å². The number of hydrogen-bond donors (Lipinski definition) is 1. The molecule has 0 spiro atoms. The SMILES string of the molecule is CC(=O)N1CCN(c2cc(Br)cc3[nH]ncc23)CC1(C)C. The summed E-state index contributed by atoms with van der Waals surface area (Å²) in [4.78, 5) is 16.1. The first-order chi connectivity index (χ1) is 9.88. The van der Waals surface area contributed by atoms with Crippen LogP contribution in [0, 0.1) is 0 Å². The van der Waals surface area contributed by atoms with Crippen LogP contribution in [-0.2, 0) is 4.79 Å². The molecule has 112 valence electrons. The molecule has 0 aliphatic carbocycles. The molecule has 1 amide bonds. The molecule has 6 heteroatoms. The van der Waals surface area contributed by atoms with Crippen LogP contribution in [0.5, 0.6) is 0 Å². The smallest absolute Gasteiger partial charge is 0.220 e. The van der Waals surface area contributed by atoms with Gasteiger partial charge in [-0.2, -0.15) is 5.10 Å². The normalized spacial score (nSPS) is 18.3. The third kappa shape index (κ3) is 2.52. The lowest BCUT2D eigenvalue weighted by molar-refractivity contribution is -0.134. The molecule has 0 atom stereocenters. The lowest BCUT2D eigenvalue weighted by Gasteiger charge is -2.47. The minimum atomic E-state index is -0.178. The zero-order valence-electron chi connectivity index (χ0n) is 12.5. The maximum Gasteiger partial charge on any atom is 0.220 e. The number of nitrogens with one attached hydrogen (secondary N) is 1. The van der Waals surface area contributed by atoms with Crippen molar-refractivity contribution < 1.29 is 4.79 Å². The zero-order valence-corrected chi connectivity index (χ0v) is 14.1. The lowest BCUT2D eigenvalue weighted by Crippen LogP contribution is -2.60. The Morgan fingerprint density at radius 2 is 2.14 bits per heavy atom. The van der Waals surface area contributed by atoms with E-state index in [1.165, 1.54) is 0 Å². The van der Waals surface area contributed by atoms with Crippen LogP contribution in [-0.4, -0.2) is 46.2 Å². The number of aromatic amines is 1. The van der Waals surface area contributed by atoms with Gasteiger partial charge >= 0.3 is 0 Å². The van der Waals surface area contributed by atoms with Crippen LogP contribution in [0.3, 0.4) is 0 Å². The van der Waals surface area contributed by atoms with E-state index in [1.54, 1.807) is 6.92 Å². The molecule has 1 saturated heterocycles. The van der Waals surface area contributed by atoms with Crippen LogP contribution in [0.1, 0.15) is 20.8 Å². The molecule has 1 aliphatic rings. The van der Waals surface area contributed by atoms with Gasteiger partial charge in [0.2, 0.25) is 5.91 Å². The molecule has 1 aliphatic heterocycles. The molecule has 1 aromatic carbocycles. The van der Waals surface area contributed by atoms with Crippen molar-refractivity contribution in [3.63, 3.8) is 0 Å². The van der Waals surface area contributed by atoms with Crippen LogP contribution < -0.4 is 4.90 Å². The summed E-state index contributed by atoms with van der Waals surface area (Å²) in [7, 11) is 0. The predicted molar refractivity (Wildman–Crippen MR) is 87.5 cm³/mol. The van der Waals surface area contributed by atoms with Crippen molar-refractivity contribution in [3.8, 4) is 0 Å². The van der Waals surface area contributed by atoms with Gasteiger partial charge in [0.15, 0.2) is 0 Å². The average molecular weight is 351 g/mol. The van der Waals surface area contributed by atoms with E-state index in [0.29, 0.717) is 0 Å². The molecule has 2 heterocycles. The molecule has 5 nitrogen and oxygen atoms in total. The van der Waals surface area contributed by atoms with Crippen LogP contribution in [0.2, 0.25) is 0 Å². The maximum absolute atomic E-state index is 11.8. The monoisotopic (exact) mass is 350 g/mol. The van der Waals surface area contributed by atoms with Gasteiger partial charge in [-0.3, -0.25) is 9.89 Å². The Hall–Kier alpha value is -1.56. The fourth-order valence-corrected chi connectivity index (χ4v) is 3.65. The highest BCUT2D eigenvalue weighted by atomic mass is 79.9. The number of fused-ring (bicyclic) bond motifs is 1. The average Bonchev–Trinajstić information content (AvgIpc) is 2.83. The van der Waals surface area contributed by atoms with Crippen LogP contribution in [0.15, 0.2) is 22.8 Å². The summed E-state index contributed by atoms with van der Waals surface area (Å²) < 4.78 is 1.03. The summed E-state index contributed by atoms with van der Waals surface area (Å²) >= 11 is 3.56. The number of piperazine rings is 1. The Balaban J connectivity index is 1.97. The van der Waals surface area contributed by atoms with E-state index in [1.807, 2.05) is 17.2 Å². The third-order valence-electron chi connectivity index (χ3n) is 4.12. The first-order valence-electron chi connectivity index (χ1n) is 7.04.